The van der Waals surface area contributed by atoms with Gasteiger partial charge in [-0.1, -0.05) is 18.9 Å². The largest absolute Gasteiger partial charge is 0.454 e. The number of nitrogens with one attached hydrogen (secondary N) is 2. The van der Waals surface area contributed by atoms with Gasteiger partial charge >= 0.3 is 11.8 Å². The summed E-state index contributed by atoms with van der Waals surface area (Å²) in [5, 5.41) is 5.53. The van der Waals surface area contributed by atoms with Gasteiger partial charge in [-0.3, -0.25) is 14.5 Å². The molecule has 2 aliphatic rings. The number of amides is 2. The van der Waals surface area contributed by atoms with E-state index in [0.717, 1.165) is 37.2 Å². The molecule has 31 heavy (non-hydrogen) atoms. The van der Waals surface area contributed by atoms with Gasteiger partial charge in [0.2, 0.25) is 6.79 Å². The summed E-state index contributed by atoms with van der Waals surface area (Å²) in [6, 6.07) is 9.60. The van der Waals surface area contributed by atoms with Crippen LogP contribution in [0.1, 0.15) is 43.0 Å². The van der Waals surface area contributed by atoms with E-state index in [4.69, 9.17) is 9.47 Å². The Kier molecular flexibility index (Phi) is 6.76. The molecular formula is C23H30N4O4. The van der Waals surface area contributed by atoms with Gasteiger partial charge in [0, 0.05) is 32.0 Å². The highest BCUT2D eigenvalue weighted by molar-refractivity contribution is 6.35. The zero-order chi connectivity index (χ0) is 21.6. The van der Waals surface area contributed by atoms with Crippen LogP contribution >= 0.6 is 0 Å². The van der Waals surface area contributed by atoms with Gasteiger partial charge < -0.3 is 24.7 Å². The maximum atomic E-state index is 12.5. The van der Waals surface area contributed by atoms with Crippen molar-refractivity contribution in [2.24, 2.45) is 7.05 Å². The van der Waals surface area contributed by atoms with Crippen molar-refractivity contribution in [3.8, 4) is 11.5 Å². The topological polar surface area (TPSA) is 84.8 Å². The lowest BCUT2D eigenvalue weighted by Gasteiger charge is -2.31. The molecule has 0 saturated carbocycles. The third-order valence-corrected chi connectivity index (χ3v) is 5.96. The molecule has 8 heteroatoms. The minimum Gasteiger partial charge on any atom is -0.454 e. The van der Waals surface area contributed by atoms with E-state index in [1.165, 1.54) is 12.8 Å². The molecule has 2 aliphatic heterocycles. The molecule has 166 valence electrons. The Morgan fingerprint density at radius 2 is 1.74 bits per heavy atom. The first-order valence-corrected chi connectivity index (χ1v) is 10.9. The molecule has 1 atom stereocenters. The van der Waals surface area contributed by atoms with E-state index in [1.807, 2.05) is 31.4 Å². The molecule has 1 saturated heterocycles. The van der Waals surface area contributed by atoms with E-state index in [-0.39, 0.29) is 19.4 Å². The number of likely N-dealkylation sites (tertiary alicyclic amines) is 1. The predicted molar refractivity (Wildman–Crippen MR) is 116 cm³/mol. The van der Waals surface area contributed by atoms with Crippen LogP contribution in [0.5, 0.6) is 11.5 Å². The van der Waals surface area contributed by atoms with Gasteiger partial charge in [-0.05, 0) is 55.8 Å². The van der Waals surface area contributed by atoms with Gasteiger partial charge in [0.25, 0.3) is 0 Å². The molecule has 0 aliphatic carbocycles. The van der Waals surface area contributed by atoms with Crippen molar-refractivity contribution >= 4 is 11.8 Å². The molecule has 2 aromatic rings. The molecular weight excluding hydrogens is 396 g/mol. The van der Waals surface area contributed by atoms with E-state index in [1.54, 1.807) is 6.07 Å². The SMILES string of the molecule is Cn1cccc1[C@H](CNC(=O)C(=O)NCc1ccc2c(c1)OCO2)N1CCCCCC1. The van der Waals surface area contributed by atoms with Crippen LogP contribution in [0.15, 0.2) is 36.5 Å². The maximum absolute atomic E-state index is 12.5. The molecule has 1 fully saturated rings. The molecule has 1 aromatic carbocycles. The fraction of sp³-hybridized carbons (Fsp3) is 0.478. The van der Waals surface area contributed by atoms with Crippen LogP contribution in [0.2, 0.25) is 0 Å². The first-order valence-electron chi connectivity index (χ1n) is 10.9. The highest BCUT2D eigenvalue weighted by atomic mass is 16.7. The van der Waals surface area contributed by atoms with Gasteiger partial charge in [-0.25, -0.2) is 0 Å². The highest BCUT2D eigenvalue weighted by Gasteiger charge is 2.25. The number of rotatable bonds is 6. The lowest BCUT2D eigenvalue weighted by Crippen LogP contribution is -2.44. The van der Waals surface area contributed by atoms with Crippen LogP contribution in [0.25, 0.3) is 0 Å². The average molecular weight is 427 g/mol. The van der Waals surface area contributed by atoms with Crippen LogP contribution < -0.4 is 20.1 Å². The summed E-state index contributed by atoms with van der Waals surface area (Å²) in [5.74, 6) is 0.0843. The number of carbonyl (C=O) groups is 2. The molecule has 0 radical (unpaired) electrons. The summed E-state index contributed by atoms with van der Waals surface area (Å²) in [7, 11) is 2.01. The van der Waals surface area contributed by atoms with Crippen LogP contribution in [0.3, 0.4) is 0 Å². The van der Waals surface area contributed by atoms with E-state index in [2.05, 4.69) is 26.2 Å². The number of aromatic nitrogens is 1. The van der Waals surface area contributed by atoms with Crippen LogP contribution in [-0.2, 0) is 23.2 Å². The second-order valence-electron chi connectivity index (χ2n) is 8.09. The summed E-state index contributed by atoms with van der Waals surface area (Å²) in [5.41, 5.74) is 1.99. The maximum Gasteiger partial charge on any atom is 0.309 e. The molecule has 0 spiro atoms. The Bertz CT molecular complexity index is 918. The Hall–Kier alpha value is -3.00. The van der Waals surface area contributed by atoms with E-state index < -0.39 is 11.8 Å². The van der Waals surface area contributed by atoms with Crippen LogP contribution in [0, 0.1) is 0 Å². The van der Waals surface area contributed by atoms with E-state index in [9.17, 15) is 9.59 Å². The first-order chi connectivity index (χ1) is 15.1. The van der Waals surface area contributed by atoms with Gasteiger partial charge in [0.15, 0.2) is 11.5 Å². The standard InChI is InChI=1S/C23H30N4O4/c1-26-10-6-7-18(26)19(27-11-4-2-3-5-12-27)15-25-23(29)22(28)24-14-17-8-9-20-21(13-17)31-16-30-20/h6-10,13,19H,2-5,11-12,14-16H2,1H3,(H,24,28)(H,25,29)/t19-/m0/s1. The molecule has 3 heterocycles. The third kappa shape index (κ3) is 5.19. The van der Waals surface area contributed by atoms with Crippen LogP contribution in [0.4, 0.5) is 0 Å². The number of nitrogens with zero attached hydrogens (tertiary/aromatic N) is 2. The highest BCUT2D eigenvalue weighted by Crippen LogP contribution is 2.32. The molecule has 0 unspecified atom stereocenters. The summed E-state index contributed by atoms with van der Waals surface area (Å²) in [4.78, 5) is 27.2. The van der Waals surface area contributed by atoms with Crippen molar-refractivity contribution in [1.29, 1.82) is 0 Å². The number of carbonyl (C=O) groups excluding carboxylic acids is 2. The minimum absolute atomic E-state index is 0.0451. The number of fused-ring (bicyclic) bond motifs is 1. The Morgan fingerprint density at radius 1 is 1.00 bits per heavy atom. The molecule has 2 N–H and O–H groups in total. The molecule has 2 amide bonds. The number of hydrogen-bond acceptors (Lipinski definition) is 5. The summed E-state index contributed by atoms with van der Waals surface area (Å²) in [6.45, 7) is 2.85. The van der Waals surface area contributed by atoms with Crippen molar-refractivity contribution in [3.63, 3.8) is 0 Å². The predicted octanol–water partition coefficient (Wildman–Crippen LogP) is 2.10. The number of ether oxygens (including phenoxy) is 2. The van der Waals surface area contributed by atoms with Gasteiger partial charge in [0.1, 0.15) is 0 Å². The molecule has 4 rings (SSSR count). The third-order valence-electron chi connectivity index (χ3n) is 5.96. The zero-order valence-electron chi connectivity index (χ0n) is 17.9. The fourth-order valence-electron chi connectivity index (χ4n) is 4.23. The minimum atomic E-state index is -0.640. The summed E-state index contributed by atoms with van der Waals surface area (Å²) >= 11 is 0. The smallest absolute Gasteiger partial charge is 0.309 e. The van der Waals surface area contributed by atoms with Crippen molar-refractivity contribution in [1.82, 2.24) is 20.1 Å². The fourth-order valence-corrected chi connectivity index (χ4v) is 4.23. The quantitative estimate of drug-likeness (QED) is 0.691. The van der Waals surface area contributed by atoms with Crippen molar-refractivity contribution < 1.29 is 19.1 Å². The lowest BCUT2D eigenvalue weighted by molar-refractivity contribution is -0.139. The van der Waals surface area contributed by atoms with Gasteiger partial charge in [0.05, 0.1) is 6.04 Å². The monoisotopic (exact) mass is 426 g/mol. The number of aryl methyl sites for hydroxylation is 1. The second-order valence-corrected chi connectivity index (χ2v) is 8.09. The average Bonchev–Trinajstić information content (AvgIpc) is 3.33. The molecule has 0 bridgehead atoms. The van der Waals surface area contributed by atoms with E-state index in [0.29, 0.717) is 18.0 Å². The normalized spacial score (nSPS) is 17.1. The summed E-state index contributed by atoms with van der Waals surface area (Å²) < 4.78 is 12.7. The van der Waals surface area contributed by atoms with Gasteiger partial charge in [-0.15, -0.1) is 0 Å². The number of benzene rings is 1. The Balaban J connectivity index is 1.33. The molecule has 1 aromatic heterocycles. The van der Waals surface area contributed by atoms with Gasteiger partial charge in [-0.2, -0.15) is 0 Å². The number of hydrogen-bond donors (Lipinski definition) is 2. The van der Waals surface area contributed by atoms with Crippen molar-refractivity contribution in [2.45, 2.75) is 38.3 Å². The summed E-state index contributed by atoms with van der Waals surface area (Å²) in [6.07, 6.45) is 6.81. The lowest BCUT2D eigenvalue weighted by atomic mass is 10.1. The zero-order valence-corrected chi connectivity index (χ0v) is 17.9. The first kappa shape index (κ1) is 21.2. The van der Waals surface area contributed by atoms with E-state index >= 15 is 0 Å². The Labute approximate surface area is 182 Å². The van der Waals surface area contributed by atoms with Crippen molar-refractivity contribution in [2.75, 3.05) is 26.4 Å². The van der Waals surface area contributed by atoms with Crippen molar-refractivity contribution in [3.05, 3.63) is 47.8 Å². The molecule has 8 nitrogen and oxygen atoms in total. The van der Waals surface area contributed by atoms with Crippen LogP contribution in [-0.4, -0.2) is 47.7 Å². The second kappa shape index (κ2) is 9.87. The Morgan fingerprint density at radius 3 is 2.48 bits per heavy atom.